The summed E-state index contributed by atoms with van der Waals surface area (Å²) >= 11 is 3.44. The molecule has 3 unspecified atom stereocenters. The summed E-state index contributed by atoms with van der Waals surface area (Å²) in [5, 5.41) is 0. The number of nitrogens with zero attached hydrogens (tertiary/aromatic N) is 1. The van der Waals surface area contributed by atoms with Crippen LogP contribution in [0.2, 0.25) is 0 Å². The van der Waals surface area contributed by atoms with E-state index in [9.17, 15) is 4.79 Å². The van der Waals surface area contributed by atoms with Gasteiger partial charge in [-0.25, -0.2) is 4.79 Å². The summed E-state index contributed by atoms with van der Waals surface area (Å²) in [4.78, 5) is 14.1. The molecule has 114 valence electrons. The highest BCUT2D eigenvalue weighted by molar-refractivity contribution is 9.10. The largest absolute Gasteiger partial charge is 0.444 e. The van der Waals surface area contributed by atoms with Crippen molar-refractivity contribution in [2.75, 3.05) is 6.54 Å². The zero-order valence-electron chi connectivity index (χ0n) is 12.5. The van der Waals surface area contributed by atoms with Gasteiger partial charge in [0.15, 0.2) is 0 Å². The molecule has 0 saturated carbocycles. The van der Waals surface area contributed by atoms with E-state index in [4.69, 9.17) is 9.47 Å². The first-order valence-corrected chi connectivity index (χ1v) is 8.03. The maximum absolute atomic E-state index is 12.3. The third-order valence-electron chi connectivity index (χ3n) is 3.82. The maximum Gasteiger partial charge on any atom is 0.410 e. The molecule has 3 rings (SSSR count). The molecule has 2 bridgehead atoms. The summed E-state index contributed by atoms with van der Waals surface area (Å²) in [6, 6.07) is 8.17. The van der Waals surface area contributed by atoms with Crippen LogP contribution in [0.3, 0.4) is 0 Å². The van der Waals surface area contributed by atoms with E-state index in [0.717, 1.165) is 16.5 Å². The Morgan fingerprint density at radius 3 is 2.57 bits per heavy atom. The molecule has 1 aromatic carbocycles. The minimum atomic E-state index is -0.465. The number of rotatable bonds is 1. The number of fused-ring (bicyclic) bond motifs is 2. The minimum absolute atomic E-state index is 0.0515. The van der Waals surface area contributed by atoms with E-state index < -0.39 is 5.60 Å². The van der Waals surface area contributed by atoms with Crippen LogP contribution in [0.25, 0.3) is 0 Å². The quantitative estimate of drug-likeness (QED) is 0.768. The summed E-state index contributed by atoms with van der Waals surface area (Å²) < 4.78 is 12.6. The van der Waals surface area contributed by atoms with Gasteiger partial charge in [-0.15, -0.1) is 0 Å². The predicted octanol–water partition coefficient (Wildman–Crippen LogP) is 3.90. The van der Waals surface area contributed by atoms with Crippen molar-refractivity contribution in [2.24, 2.45) is 0 Å². The second kappa shape index (κ2) is 5.29. The van der Waals surface area contributed by atoms with Crippen LogP contribution in [0.4, 0.5) is 4.79 Å². The Labute approximate surface area is 133 Å². The lowest BCUT2D eigenvalue weighted by atomic mass is 10.0. The molecule has 2 aliphatic rings. The molecule has 4 nitrogen and oxygen atoms in total. The van der Waals surface area contributed by atoms with Crippen molar-refractivity contribution < 1.29 is 14.3 Å². The first-order chi connectivity index (χ1) is 9.83. The molecule has 0 aliphatic carbocycles. The van der Waals surface area contributed by atoms with Gasteiger partial charge >= 0.3 is 6.09 Å². The van der Waals surface area contributed by atoms with Gasteiger partial charge in [0, 0.05) is 4.47 Å². The SMILES string of the molecule is CC(C)(C)OC(=O)N1CC2CC1C(c1ccc(Br)cc1)O2. The number of carbonyl (C=O) groups is 1. The Morgan fingerprint density at radius 1 is 1.33 bits per heavy atom. The zero-order valence-corrected chi connectivity index (χ0v) is 14.1. The Kier molecular flexibility index (Phi) is 3.74. The molecule has 0 spiro atoms. The standard InChI is InChI=1S/C16H20BrNO3/c1-16(2,3)21-15(19)18-9-12-8-13(18)14(20-12)10-4-6-11(17)7-5-10/h4-7,12-14H,8-9H2,1-3H3. The van der Waals surface area contributed by atoms with Crippen molar-refractivity contribution in [3.05, 3.63) is 34.3 Å². The van der Waals surface area contributed by atoms with E-state index in [1.807, 2.05) is 49.9 Å². The fourth-order valence-electron chi connectivity index (χ4n) is 2.99. The molecule has 0 aromatic heterocycles. The average Bonchev–Trinajstić information content (AvgIpc) is 2.97. The number of hydrogen-bond acceptors (Lipinski definition) is 3. The van der Waals surface area contributed by atoms with Crippen molar-refractivity contribution in [1.82, 2.24) is 4.90 Å². The van der Waals surface area contributed by atoms with Crippen LogP contribution < -0.4 is 0 Å². The number of carbonyl (C=O) groups excluding carboxylic acids is 1. The highest BCUT2D eigenvalue weighted by Crippen LogP contribution is 2.42. The summed E-state index contributed by atoms with van der Waals surface area (Å²) in [6.45, 7) is 6.30. The van der Waals surface area contributed by atoms with Crippen LogP contribution in [0.1, 0.15) is 38.9 Å². The van der Waals surface area contributed by atoms with Crippen LogP contribution in [0, 0.1) is 0 Å². The van der Waals surface area contributed by atoms with Gasteiger partial charge in [-0.3, -0.25) is 4.90 Å². The van der Waals surface area contributed by atoms with E-state index >= 15 is 0 Å². The highest BCUT2D eigenvalue weighted by Gasteiger charge is 2.49. The summed E-state index contributed by atoms with van der Waals surface area (Å²) in [6.07, 6.45) is 0.723. The lowest BCUT2D eigenvalue weighted by Gasteiger charge is -2.34. The maximum atomic E-state index is 12.3. The van der Waals surface area contributed by atoms with E-state index in [1.54, 1.807) is 0 Å². The third kappa shape index (κ3) is 3.09. The zero-order chi connectivity index (χ0) is 15.2. The van der Waals surface area contributed by atoms with Gasteiger partial charge < -0.3 is 9.47 Å². The summed E-state index contributed by atoms with van der Waals surface area (Å²) in [7, 11) is 0. The third-order valence-corrected chi connectivity index (χ3v) is 4.35. The fourth-order valence-corrected chi connectivity index (χ4v) is 3.26. The van der Waals surface area contributed by atoms with Crippen LogP contribution in [-0.2, 0) is 9.47 Å². The van der Waals surface area contributed by atoms with Gasteiger partial charge in [-0.1, -0.05) is 28.1 Å². The van der Waals surface area contributed by atoms with Crippen molar-refractivity contribution in [2.45, 2.75) is 51.0 Å². The molecular weight excluding hydrogens is 334 g/mol. The number of halogens is 1. The molecule has 5 heteroatoms. The lowest BCUT2D eigenvalue weighted by Crippen LogP contribution is -2.45. The van der Waals surface area contributed by atoms with Crippen LogP contribution in [0.5, 0.6) is 0 Å². The van der Waals surface area contributed by atoms with Crippen molar-refractivity contribution >= 4 is 22.0 Å². The number of hydrogen-bond donors (Lipinski definition) is 0. The van der Waals surface area contributed by atoms with Crippen LogP contribution >= 0.6 is 15.9 Å². The Balaban J connectivity index is 1.75. The van der Waals surface area contributed by atoms with Gasteiger partial charge in [0.1, 0.15) is 11.7 Å². The monoisotopic (exact) mass is 353 g/mol. The minimum Gasteiger partial charge on any atom is -0.444 e. The average molecular weight is 354 g/mol. The molecule has 2 aliphatic heterocycles. The Morgan fingerprint density at radius 2 is 2.00 bits per heavy atom. The molecule has 2 heterocycles. The molecule has 2 fully saturated rings. The highest BCUT2D eigenvalue weighted by atomic mass is 79.9. The number of amides is 1. The second-order valence-corrected chi connectivity index (χ2v) is 7.58. The first kappa shape index (κ1) is 14.9. The summed E-state index contributed by atoms with van der Waals surface area (Å²) in [5.41, 5.74) is 0.645. The first-order valence-electron chi connectivity index (χ1n) is 7.24. The Hall–Kier alpha value is -1.07. The fraction of sp³-hybridized carbons (Fsp3) is 0.562. The second-order valence-electron chi connectivity index (χ2n) is 6.67. The van der Waals surface area contributed by atoms with E-state index in [0.29, 0.717) is 6.54 Å². The number of ether oxygens (including phenoxy) is 2. The molecule has 1 aromatic rings. The van der Waals surface area contributed by atoms with Gasteiger partial charge in [-0.05, 0) is 44.9 Å². The molecule has 3 atom stereocenters. The molecule has 2 saturated heterocycles. The number of benzene rings is 1. The van der Waals surface area contributed by atoms with Crippen molar-refractivity contribution in [3.63, 3.8) is 0 Å². The van der Waals surface area contributed by atoms with Crippen molar-refractivity contribution in [3.8, 4) is 0 Å². The topological polar surface area (TPSA) is 38.8 Å². The van der Waals surface area contributed by atoms with E-state index in [2.05, 4.69) is 15.9 Å². The number of likely N-dealkylation sites (tertiary alicyclic amines) is 1. The van der Waals surface area contributed by atoms with E-state index in [1.165, 1.54) is 0 Å². The van der Waals surface area contributed by atoms with Crippen LogP contribution in [-0.4, -0.2) is 35.3 Å². The smallest absolute Gasteiger partial charge is 0.410 e. The molecule has 1 amide bonds. The molecule has 0 radical (unpaired) electrons. The van der Waals surface area contributed by atoms with Gasteiger partial charge in [0.2, 0.25) is 0 Å². The Bertz CT molecular complexity index is 537. The van der Waals surface area contributed by atoms with Gasteiger partial charge in [0.05, 0.1) is 18.7 Å². The molecular formula is C16H20BrNO3. The molecule has 21 heavy (non-hydrogen) atoms. The lowest BCUT2D eigenvalue weighted by molar-refractivity contribution is -0.0467. The summed E-state index contributed by atoms with van der Waals surface area (Å²) in [5.74, 6) is 0. The van der Waals surface area contributed by atoms with Crippen molar-refractivity contribution in [1.29, 1.82) is 0 Å². The van der Waals surface area contributed by atoms with Gasteiger partial charge in [0.25, 0.3) is 0 Å². The number of morpholine rings is 1. The van der Waals surface area contributed by atoms with E-state index in [-0.39, 0.29) is 24.3 Å². The molecule has 0 N–H and O–H groups in total. The van der Waals surface area contributed by atoms with Crippen LogP contribution in [0.15, 0.2) is 28.7 Å². The normalized spacial score (nSPS) is 28.0. The predicted molar refractivity (Wildman–Crippen MR) is 83.1 cm³/mol. The van der Waals surface area contributed by atoms with Gasteiger partial charge in [-0.2, -0.15) is 0 Å².